The first kappa shape index (κ1) is 7.34. The smallest absolute Gasteiger partial charge is 0.268 e. The fourth-order valence-corrected chi connectivity index (χ4v) is 0.608. The Bertz CT molecular complexity index is 322. The van der Waals surface area contributed by atoms with Gasteiger partial charge in [0.25, 0.3) is 11.9 Å². The van der Waals surface area contributed by atoms with Gasteiger partial charge in [-0.2, -0.15) is 0 Å². The molecule has 2 aromatic heterocycles. The minimum atomic E-state index is 0.192. The van der Waals surface area contributed by atoms with E-state index < -0.39 is 0 Å². The van der Waals surface area contributed by atoms with E-state index in [1.165, 1.54) is 12.7 Å². The quantitative estimate of drug-likeness (QED) is 0.590. The van der Waals surface area contributed by atoms with Gasteiger partial charge >= 0.3 is 0 Å². The monoisotopic (exact) mass is 177 g/mol. The average molecular weight is 177 g/mol. The first-order chi connectivity index (χ1) is 6.45. The predicted molar refractivity (Wildman–Crippen MR) is 38.5 cm³/mol. The largest absolute Gasteiger partial charge is 0.287 e. The fourth-order valence-electron chi connectivity index (χ4n) is 0.608. The molecule has 0 aliphatic rings. The number of rotatable bonds is 2. The van der Waals surface area contributed by atoms with Gasteiger partial charge in [0.2, 0.25) is 0 Å². The van der Waals surface area contributed by atoms with Gasteiger partial charge in [-0.25, -0.2) is 0 Å². The summed E-state index contributed by atoms with van der Waals surface area (Å²) < 4.78 is 0. The van der Waals surface area contributed by atoms with Gasteiger partial charge in [-0.1, -0.05) is 0 Å². The molecule has 0 saturated heterocycles. The van der Waals surface area contributed by atoms with Crippen LogP contribution >= 0.6 is 0 Å². The fraction of sp³-hybridized carbons (Fsp3) is 0. The minimum Gasteiger partial charge on any atom is -0.287 e. The molecule has 0 fully saturated rings. The molecule has 0 atom stereocenters. The van der Waals surface area contributed by atoms with Gasteiger partial charge < -0.3 is 0 Å². The molecule has 1 N–H and O–H groups in total. The van der Waals surface area contributed by atoms with E-state index in [1.807, 2.05) is 0 Å². The second-order valence-electron chi connectivity index (χ2n) is 1.87. The minimum absolute atomic E-state index is 0.192. The summed E-state index contributed by atoms with van der Waals surface area (Å²) >= 11 is 0. The third-order valence-electron chi connectivity index (χ3n) is 1.04. The normalized spacial score (nSPS) is 9.54. The summed E-state index contributed by atoms with van der Waals surface area (Å²) in [7, 11) is 0. The summed E-state index contributed by atoms with van der Waals surface area (Å²) in [5.74, 6) is 0.384. The highest BCUT2D eigenvalue weighted by Crippen LogP contribution is 1.98. The highest BCUT2D eigenvalue weighted by Gasteiger charge is 1.99. The van der Waals surface area contributed by atoms with Crippen LogP contribution in [0.3, 0.4) is 0 Å². The van der Waals surface area contributed by atoms with Crippen LogP contribution in [0.25, 0.3) is 0 Å². The lowest BCUT2D eigenvalue weighted by Gasteiger charge is -1.96. The molecular weight excluding hydrogens is 174 g/mol. The van der Waals surface area contributed by atoms with E-state index in [-0.39, 0.29) is 11.9 Å². The zero-order valence-electron chi connectivity index (χ0n) is 6.23. The number of nitrogens with zero attached hydrogens (tertiary/aromatic N) is 8. The average Bonchev–Trinajstić information content (AvgIpc) is 2.21. The summed E-state index contributed by atoms with van der Waals surface area (Å²) in [4.78, 5) is 0. The Labute approximate surface area is 71.7 Å². The highest BCUT2D eigenvalue weighted by atomic mass is 15.4. The van der Waals surface area contributed by atoms with E-state index in [2.05, 4.69) is 46.1 Å². The van der Waals surface area contributed by atoms with Gasteiger partial charge in [0.15, 0.2) is 12.7 Å². The summed E-state index contributed by atoms with van der Waals surface area (Å²) in [5, 5.41) is 31.0. The summed E-state index contributed by atoms with van der Waals surface area (Å²) in [6.07, 6.45) is 2.43. The van der Waals surface area contributed by atoms with Crippen LogP contribution in [-0.4, -0.2) is 40.8 Å². The van der Waals surface area contributed by atoms with Gasteiger partial charge in [0.1, 0.15) is 0 Å². The highest BCUT2D eigenvalue weighted by molar-refractivity contribution is 5.37. The SMILES string of the molecule is c1nnc(Nc2nncnn2)nn1. The number of hydrogen-bond acceptors (Lipinski definition) is 9. The van der Waals surface area contributed by atoms with Crippen LogP contribution in [-0.2, 0) is 0 Å². The molecule has 2 heterocycles. The van der Waals surface area contributed by atoms with Gasteiger partial charge in [-0.05, 0) is 0 Å². The van der Waals surface area contributed by atoms with Gasteiger partial charge in [-0.15, -0.1) is 40.8 Å². The van der Waals surface area contributed by atoms with Crippen molar-refractivity contribution < 1.29 is 0 Å². The standard InChI is InChI=1S/C4H3N9/c1-5-10-3(11-6-1)9-4-12-7-2-8-13-4/h1-2H,(H,9,10,11,12,13). The van der Waals surface area contributed by atoms with Crippen molar-refractivity contribution in [1.29, 1.82) is 0 Å². The van der Waals surface area contributed by atoms with Gasteiger partial charge in [-0.3, -0.25) is 5.32 Å². The topological polar surface area (TPSA) is 115 Å². The lowest BCUT2D eigenvalue weighted by molar-refractivity contribution is 0.833. The van der Waals surface area contributed by atoms with E-state index in [4.69, 9.17) is 0 Å². The lowest BCUT2D eigenvalue weighted by atomic mass is 10.9. The zero-order valence-corrected chi connectivity index (χ0v) is 6.23. The number of hydrogen-bond donors (Lipinski definition) is 1. The maximum absolute atomic E-state index is 3.60. The Morgan fingerprint density at radius 2 is 1.08 bits per heavy atom. The Balaban J connectivity index is 2.16. The zero-order chi connectivity index (χ0) is 8.93. The van der Waals surface area contributed by atoms with E-state index in [9.17, 15) is 0 Å². The van der Waals surface area contributed by atoms with Crippen molar-refractivity contribution in [3.05, 3.63) is 12.7 Å². The summed E-state index contributed by atoms with van der Waals surface area (Å²) in [6.45, 7) is 0. The van der Waals surface area contributed by atoms with Crippen LogP contribution in [0.4, 0.5) is 11.9 Å². The van der Waals surface area contributed by atoms with Crippen LogP contribution in [0.5, 0.6) is 0 Å². The Kier molecular flexibility index (Phi) is 1.91. The van der Waals surface area contributed by atoms with Crippen molar-refractivity contribution in [1.82, 2.24) is 40.8 Å². The molecule has 9 nitrogen and oxygen atoms in total. The molecule has 0 aliphatic heterocycles. The van der Waals surface area contributed by atoms with Crippen LogP contribution < -0.4 is 5.32 Å². The molecule has 2 rings (SSSR count). The Morgan fingerprint density at radius 1 is 0.692 bits per heavy atom. The number of anilines is 2. The van der Waals surface area contributed by atoms with E-state index in [0.29, 0.717) is 0 Å². The molecule has 9 heteroatoms. The molecule has 0 aromatic carbocycles. The first-order valence-corrected chi connectivity index (χ1v) is 3.23. The number of nitrogens with one attached hydrogen (secondary N) is 1. The van der Waals surface area contributed by atoms with Crippen molar-refractivity contribution in [3.8, 4) is 0 Å². The summed E-state index contributed by atoms with van der Waals surface area (Å²) in [6, 6.07) is 0. The van der Waals surface area contributed by atoms with Gasteiger partial charge in [0, 0.05) is 0 Å². The van der Waals surface area contributed by atoms with Crippen molar-refractivity contribution in [2.45, 2.75) is 0 Å². The van der Waals surface area contributed by atoms with Crippen LogP contribution in [0.2, 0.25) is 0 Å². The number of aromatic nitrogens is 8. The van der Waals surface area contributed by atoms with E-state index >= 15 is 0 Å². The van der Waals surface area contributed by atoms with Crippen molar-refractivity contribution in [2.24, 2.45) is 0 Å². The van der Waals surface area contributed by atoms with Crippen LogP contribution in [0, 0.1) is 0 Å². The van der Waals surface area contributed by atoms with E-state index in [1.54, 1.807) is 0 Å². The lowest BCUT2D eigenvalue weighted by Crippen LogP contribution is -2.04. The molecule has 64 valence electrons. The Hall–Kier alpha value is -2.32. The first-order valence-electron chi connectivity index (χ1n) is 3.23. The molecule has 13 heavy (non-hydrogen) atoms. The third kappa shape index (κ3) is 1.83. The van der Waals surface area contributed by atoms with Crippen molar-refractivity contribution in [2.75, 3.05) is 5.32 Å². The molecule has 0 saturated carbocycles. The molecule has 0 radical (unpaired) electrons. The molecule has 0 spiro atoms. The molecular formula is C4H3N9. The van der Waals surface area contributed by atoms with Gasteiger partial charge in [0.05, 0.1) is 0 Å². The second kappa shape index (κ2) is 3.38. The molecule has 0 bridgehead atoms. The molecule has 0 unspecified atom stereocenters. The second-order valence-corrected chi connectivity index (χ2v) is 1.87. The van der Waals surface area contributed by atoms with Crippen molar-refractivity contribution >= 4 is 11.9 Å². The van der Waals surface area contributed by atoms with Crippen LogP contribution in [0.1, 0.15) is 0 Å². The molecule has 2 aromatic rings. The predicted octanol–water partition coefficient (Wildman–Crippen LogP) is -1.41. The molecule has 0 aliphatic carbocycles. The van der Waals surface area contributed by atoms with E-state index in [0.717, 1.165) is 0 Å². The summed E-state index contributed by atoms with van der Waals surface area (Å²) in [5.41, 5.74) is 0. The van der Waals surface area contributed by atoms with Crippen LogP contribution in [0.15, 0.2) is 12.7 Å². The maximum atomic E-state index is 3.60. The van der Waals surface area contributed by atoms with Crippen molar-refractivity contribution in [3.63, 3.8) is 0 Å². The maximum Gasteiger partial charge on any atom is 0.268 e. The Morgan fingerprint density at radius 3 is 1.46 bits per heavy atom. The third-order valence-corrected chi connectivity index (χ3v) is 1.04. The molecule has 0 amide bonds.